The van der Waals surface area contributed by atoms with Crippen LogP contribution in [0.25, 0.3) is 5.69 Å². The van der Waals surface area contributed by atoms with Gasteiger partial charge in [-0.15, -0.1) is 5.10 Å². The van der Waals surface area contributed by atoms with E-state index in [2.05, 4.69) is 15.4 Å². The Labute approximate surface area is 145 Å². The van der Waals surface area contributed by atoms with Gasteiger partial charge >= 0.3 is 0 Å². The van der Waals surface area contributed by atoms with Gasteiger partial charge in [0.25, 0.3) is 5.91 Å². The summed E-state index contributed by atoms with van der Waals surface area (Å²) in [7, 11) is 0. The number of aromatic nitrogens is 3. The minimum atomic E-state index is -0.797. The minimum Gasteiger partial charge on any atom is -0.388 e. The molecule has 0 bridgehead atoms. The lowest BCUT2D eigenvalue weighted by molar-refractivity contribution is 0.0447. The average Bonchev–Trinajstić information content (AvgIpc) is 3.20. The van der Waals surface area contributed by atoms with E-state index in [1.807, 2.05) is 25.1 Å². The third kappa shape index (κ3) is 3.44. The Bertz CT molecular complexity index is 738. The van der Waals surface area contributed by atoms with Crippen LogP contribution in [-0.2, 0) is 6.42 Å². The highest BCUT2D eigenvalue weighted by Gasteiger charge is 2.32. The number of hydrogen-bond acceptors (Lipinski definition) is 4. The molecule has 1 saturated carbocycles. The summed E-state index contributed by atoms with van der Waals surface area (Å²) in [4.78, 5) is 16.7. The molecule has 0 aliphatic heterocycles. The van der Waals surface area contributed by atoms with Gasteiger partial charge in [0.1, 0.15) is 5.82 Å². The molecule has 6 nitrogen and oxygen atoms in total. The van der Waals surface area contributed by atoms with Crippen LogP contribution in [0.15, 0.2) is 24.3 Å². The summed E-state index contributed by atoms with van der Waals surface area (Å²) in [6, 6.07) is 7.30. The molecule has 1 aliphatic carbocycles. The summed E-state index contributed by atoms with van der Waals surface area (Å²) in [5.41, 5.74) is -0.105. The molecule has 1 aromatic carbocycles. The fourth-order valence-corrected chi connectivity index (χ4v) is 3.24. The zero-order chi connectivity index (χ0) is 17.2. The summed E-state index contributed by atoms with van der Waals surface area (Å²) in [6.45, 7) is 2.17. The number of nitrogens with one attached hydrogen (secondary N) is 1. The normalized spacial score (nSPS) is 16.3. The van der Waals surface area contributed by atoms with Crippen molar-refractivity contribution in [2.24, 2.45) is 0 Å². The van der Waals surface area contributed by atoms with Gasteiger partial charge in [-0.25, -0.2) is 9.67 Å². The Morgan fingerprint density at radius 3 is 2.75 bits per heavy atom. The van der Waals surface area contributed by atoms with Crippen LogP contribution in [0.4, 0.5) is 0 Å². The molecule has 3 rings (SSSR count). The summed E-state index contributed by atoms with van der Waals surface area (Å²) in [5, 5.41) is 17.9. The molecule has 1 aromatic heterocycles. The number of halogens is 1. The van der Waals surface area contributed by atoms with E-state index >= 15 is 0 Å². The highest BCUT2D eigenvalue weighted by atomic mass is 35.5. The third-order valence-corrected chi connectivity index (χ3v) is 4.71. The van der Waals surface area contributed by atoms with E-state index in [4.69, 9.17) is 11.6 Å². The number of rotatable bonds is 5. The lowest BCUT2D eigenvalue weighted by Gasteiger charge is -2.21. The van der Waals surface area contributed by atoms with Crippen molar-refractivity contribution in [1.82, 2.24) is 20.1 Å². The van der Waals surface area contributed by atoms with Crippen molar-refractivity contribution in [1.29, 1.82) is 0 Å². The van der Waals surface area contributed by atoms with Gasteiger partial charge in [-0.2, -0.15) is 0 Å². The van der Waals surface area contributed by atoms with Crippen LogP contribution in [0.1, 0.15) is 49.1 Å². The largest absolute Gasteiger partial charge is 0.388 e. The van der Waals surface area contributed by atoms with Crippen LogP contribution >= 0.6 is 11.6 Å². The number of aliphatic hydroxyl groups is 1. The van der Waals surface area contributed by atoms with Crippen molar-refractivity contribution in [3.05, 3.63) is 40.9 Å². The van der Waals surface area contributed by atoms with E-state index in [-0.39, 0.29) is 18.3 Å². The predicted molar refractivity (Wildman–Crippen MR) is 91.5 cm³/mol. The molecule has 24 heavy (non-hydrogen) atoms. The van der Waals surface area contributed by atoms with Crippen molar-refractivity contribution >= 4 is 17.5 Å². The predicted octanol–water partition coefficient (Wildman–Crippen LogP) is 2.52. The van der Waals surface area contributed by atoms with Crippen LogP contribution in [0, 0.1) is 0 Å². The second kappa shape index (κ2) is 6.91. The number of nitrogens with zero attached hydrogens (tertiary/aromatic N) is 3. The average molecular weight is 349 g/mol. The molecule has 2 aromatic rings. The standard InChI is InChI=1S/C17H21ClN4O2/c1-2-14-20-15(16(23)19-11-17(24)9-5-6-10-17)21-22(14)13-8-4-3-7-12(13)18/h3-4,7-8,24H,2,5-6,9-11H2,1H3,(H,19,23). The zero-order valence-corrected chi connectivity index (χ0v) is 14.4. The smallest absolute Gasteiger partial charge is 0.291 e. The number of carbonyl (C=O) groups excluding carboxylic acids is 1. The topological polar surface area (TPSA) is 80.0 Å². The Morgan fingerprint density at radius 1 is 1.38 bits per heavy atom. The van der Waals surface area contributed by atoms with Crippen LogP contribution in [0.5, 0.6) is 0 Å². The summed E-state index contributed by atoms with van der Waals surface area (Å²) < 4.78 is 1.60. The highest BCUT2D eigenvalue weighted by molar-refractivity contribution is 6.32. The number of hydrogen-bond donors (Lipinski definition) is 2. The second-order valence-electron chi connectivity index (χ2n) is 6.18. The Kier molecular flexibility index (Phi) is 4.87. The van der Waals surface area contributed by atoms with E-state index < -0.39 is 5.60 Å². The maximum absolute atomic E-state index is 12.3. The van der Waals surface area contributed by atoms with Crippen LogP contribution in [0.2, 0.25) is 5.02 Å². The molecule has 7 heteroatoms. The van der Waals surface area contributed by atoms with Gasteiger partial charge in [0.2, 0.25) is 5.82 Å². The van der Waals surface area contributed by atoms with E-state index in [1.54, 1.807) is 10.7 Å². The first kappa shape index (κ1) is 16.9. The van der Waals surface area contributed by atoms with E-state index in [9.17, 15) is 9.90 Å². The van der Waals surface area contributed by atoms with Gasteiger partial charge in [-0.05, 0) is 25.0 Å². The molecular formula is C17H21ClN4O2. The lowest BCUT2D eigenvalue weighted by Crippen LogP contribution is -2.41. The fraction of sp³-hybridized carbons (Fsp3) is 0.471. The zero-order valence-electron chi connectivity index (χ0n) is 13.6. The van der Waals surface area contributed by atoms with Gasteiger partial charge < -0.3 is 10.4 Å². The fourth-order valence-electron chi connectivity index (χ4n) is 3.02. The monoisotopic (exact) mass is 348 g/mol. The maximum atomic E-state index is 12.3. The number of amides is 1. The van der Waals surface area contributed by atoms with Gasteiger partial charge in [0.15, 0.2) is 0 Å². The van der Waals surface area contributed by atoms with Crippen molar-refractivity contribution in [2.75, 3.05) is 6.54 Å². The maximum Gasteiger partial charge on any atom is 0.291 e. The molecular weight excluding hydrogens is 328 g/mol. The molecule has 0 unspecified atom stereocenters. The first-order chi connectivity index (χ1) is 11.5. The highest BCUT2D eigenvalue weighted by Crippen LogP contribution is 2.28. The number of carbonyl (C=O) groups is 1. The summed E-state index contributed by atoms with van der Waals surface area (Å²) in [6.07, 6.45) is 4.04. The van der Waals surface area contributed by atoms with Gasteiger partial charge in [0.05, 0.1) is 16.3 Å². The van der Waals surface area contributed by atoms with Gasteiger partial charge in [-0.1, -0.05) is 43.5 Å². The molecule has 0 atom stereocenters. The minimum absolute atomic E-state index is 0.0911. The van der Waals surface area contributed by atoms with Gasteiger partial charge in [-0.3, -0.25) is 4.79 Å². The van der Waals surface area contributed by atoms with Crippen molar-refractivity contribution in [3.8, 4) is 5.69 Å². The third-order valence-electron chi connectivity index (χ3n) is 4.39. The van der Waals surface area contributed by atoms with Gasteiger partial charge in [0, 0.05) is 13.0 Å². The first-order valence-electron chi connectivity index (χ1n) is 8.24. The number of aryl methyl sites for hydroxylation is 1. The second-order valence-corrected chi connectivity index (χ2v) is 6.59. The molecule has 1 amide bonds. The summed E-state index contributed by atoms with van der Waals surface area (Å²) >= 11 is 6.22. The number of benzene rings is 1. The molecule has 128 valence electrons. The molecule has 1 fully saturated rings. The molecule has 0 saturated heterocycles. The van der Waals surface area contributed by atoms with Crippen molar-refractivity contribution < 1.29 is 9.90 Å². The van der Waals surface area contributed by atoms with Crippen LogP contribution in [0.3, 0.4) is 0 Å². The molecule has 1 heterocycles. The Hall–Kier alpha value is -1.92. The number of para-hydroxylation sites is 1. The first-order valence-corrected chi connectivity index (χ1v) is 8.61. The lowest BCUT2D eigenvalue weighted by atomic mass is 10.0. The van der Waals surface area contributed by atoms with E-state index in [0.717, 1.165) is 25.7 Å². The molecule has 2 N–H and O–H groups in total. The SMILES string of the molecule is CCc1nc(C(=O)NCC2(O)CCCC2)nn1-c1ccccc1Cl. The summed E-state index contributed by atoms with van der Waals surface area (Å²) in [5.74, 6) is 0.372. The molecule has 0 spiro atoms. The molecule has 1 aliphatic rings. The quantitative estimate of drug-likeness (QED) is 0.870. The van der Waals surface area contributed by atoms with Crippen molar-refractivity contribution in [2.45, 2.75) is 44.6 Å². The van der Waals surface area contributed by atoms with Crippen LogP contribution in [-0.4, -0.2) is 37.9 Å². The molecule has 0 radical (unpaired) electrons. The Morgan fingerprint density at radius 2 is 2.08 bits per heavy atom. The van der Waals surface area contributed by atoms with E-state index in [0.29, 0.717) is 23.0 Å². The van der Waals surface area contributed by atoms with Crippen LogP contribution < -0.4 is 5.32 Å². The van der Waals surface area contributed by atoms with E-state index in [1.165, 1.54) is 0 Å². The van der Waals surface area contributed by atoms with Crippen molar-refractivity contribution in [3.63, 3.8) is 0 Å². The Balaban J connectivity index is 1.79.